The maximum atomic E-state index is 13.3. The minimum atomic E-state index is -4.00. The molecule has 12 heteroatoms. The van der Waals surface area contributed by atoms with Crippen molar-refractivity contribution in [1.29, 1.82) is 0 Å². The minimum absolute atomic E-state index is 0.0200. The molecule has 1 aliphatic heterocycles. The first kappa shape index (κ1) is 21.3. The van der Waals surface area contributed by atoms with Crippen molar-refractivity contribution in [2.75, 3.05) is 17.5 Å². The lowest BCUT2D eigenvalue weighted by molar-refractivity contribution is 0.0924. The SMILES string of the molecule is O=C(NC1CCCC1)c1noc(-c2cnc3c(c2)N(S(=O)(=O)c2ccc(F)cc2)CCO3)n1. The van der Waals surface area contributed by atoms with Crippen molar-refractivity contribution in [3.05, 3.63) is 48.2 Å². The van der Waals surface area contributed by atoms with Crippen LogP contribution in [0.3, 0.4) is 0 Å². The maximum Gasteiger partial charge on any atom is 0.292 e. The van der Waals surface area contributed by atoms with Gasteiger partial charge in [-0.25, -0.2) is 17.8 Å². The molecule has 0 atom stereocenters. The molecule has 1 N–H and O–H groups in total. The van der Waals surface area contributed by atoms with Crippen molar-refractivity contribution in [3.8, 4) is 17.3 Å². The largest absolute Gasteiger partial charge is 0.474 e. The van der Waals surface area contributed by atoms with Crippen LogP contribution in [0.15, 0.2) is 45.9 Å². The lowest BCUT2D eigenvalue weighted by Crippen LogP contribution is -2.38. The van der Waals surface area contributed by atoms with Gasteiger partial charge in [0.05, 0.1) is 17.0 Å². The van der Waals surface area contributed by atoms with Gasteiger partial charge >= 0.3 is 0 Å². The molecule has 2 aliphatic rings. The predicted octanol–water partition coefficient (Wildman–Crippen LogP) is 2.53. The first-order valence-corrected chi connectivity index (χ1v) is 11.9. The Morgan fingerprint density at radius 3 is 2.70 bits per heavy atom. The average molecular weight is 473 g/mol. The van der Waals surface area contributed by atoms with Crippen LogP contribution < -0.4 is 14.4 Å². The van der Waals surface area contributed by atoms with Gasteiger partial charge in [-0.3, -0.25) is 9.10 Å². The van der Waals surface area contributed by atoms with E-state index in [1.165, 1.54) is 24.4 Å². The van der Waals surface area contributed by atoms with E-state index in [0.717, 1.165) is 42.1 Å². The summed E-state index contributed by atoms with van der Waals surface area (Å²) < 4.78 is 51.5. The van der Waals surface area contributed by atoms with Gasteiger partial charge in [0.2, 0.25) is 5.88 Å². The van der Waals surface area contributed by atoms with Gasteiger partial charge in [-0.1, -0.05) is 18.0 Å². The van der Waals surface area contributed by atoms with E-state index < -0.39 is 21.7 Å². The Balaban J connectivity index is 1.44. The third-order valence-electron chi connectivity index (χ3n) is 5.60. The first-order valence-electron chi connectivity index (χ1n) is 10.5. The summed E-state index contributed by atoms with van der Waals surface area (Å²) in [4.78, 5) is 20.7. The molecule has 3 aromatic rings. The molecule has 2 aromatic heterocycles. The number of halogens is 1. The van der Waals surface area contributed by atoms with E-state index in [0.29, 0.717) is 5.56 Å². The topological polar surface area (TPSA) is 128 Å². The zero-order valence-electron chi connectivity index (χ0n) is 17.4. The molecule has 0 bridgehead atoms. The molecule has 1 amide bonds. The monoisotopic (exact) mass is 473 g/mol. The third-order valence-corrected chi connectivity index (χ3v) is 7.43. The van der Waals surface area contributed by atoms with Crippen LogP contribution in [0, 0.1) is 5.82 Å². The minimum Gasteiger partial charge on any atom is -0.474 e. The van der Waals surface area contributed by atoms with Crippen molar-refractivity contribution in [2.45, 2.75) is 36.6 Å². The van der Waals surface area contributed by atoms with Crippen LogP contribution in [0.25, 0.3) is 11.5 Å². The van der Waals surface area contributed by atoms with Crippen LogP contribution in [0.1, 0.15) is 36.3 Å². The van der Waals surface area contributed by atoms with Crippen LogP contribution in [0.5, 0.6) is 5.88 Å². The van der Waals surface area contributed by atoms with E-state index in [4.69, 9.17) is 9.26 Å². The number of hydrogen-bond acceptors (Lipinski definition) is 8. The summed E-state index contributed by atoms with van der Waals surface area (Å²) in [7, 11) is -4.00. The Kier molecular flexibility index (Phi) is 5.44. The van der Waals surface area contributed by atoms with E-state index >= 15 is 0 Å². The van der Waals surface area contributed by atoms with Gasteiger partial charge in [0, 0.05) is 12.2 Å². The molecule has 0 saturated heterocycles. The van der Waals surface area contributed by atoms with Gasteiger partial charge in [-0.05, 0) is 43.2 Å². The number of nitrogens with zero attached hydrogens (tertiary/aromatic N) is 4. The van der Waals surface area contributed by atoms with Crippen molar-refractivity contribution < 1.29 is 26.9 Å². The summed E-state index contributed by atoms with van der Waals surface area (Å²) in [5, 5.41) is 6.63. The maximum absolute atomic E-state index is 13.3. The van der Waals surface area contributed by atoms with Crippen LogP contribution >= 0.6 is 0 Å². The van der Waals surface area contributed by atoms with Gasteiger partial charge in [-0.15, -0.1) is 0 Å². The molecular weight excluding hydrogens is 453 g/mol. The number of benzene rings is 1. The van der Waals surface area contributed by atoms with Crippen LogP contribution in [0.4, 0.5) is 10.1 Å². The van der Waals surface area contributed by atoms with Gasteiger partial charge in [0.25, 0.3) is 27.6 Å². The quantitative estimate of drug-likeness (QED) is 0.599. The summed E-state index contributed by atoms with van der Waals surface area (Å²) >= 11 is 0. The number of carbonyl (C=O) groups is 1. The van der Waals surface area contributed by atoms with Crippen molar-refractivity contribution in [1.82, 2.24) is 20.4 Å². The van der Waals surface area contributed by atoms with Crippen LogP contribution in [0.2, 0.25) is 0 Å². The van der Waals surface area contributed by atoms with Crippen LogP contribution in [-0.4, -0.2) is 48.6 Å². The molecule has 1 saturated carbocycles. The number of amides is 1. The number of pyridine rings is 1. The number of hydrogen-bond donors (Lipinski definition) is 1. The highest BCUT2D eigenvalue weighted by Crippen LogP contribution is 2.36. The Bertz CT molecular complexity index is 1290. The Morgan fingerprint density at radius 2 is 1.94 bits per heavy atom. The number of sulfonamides is 1. The number of ether oxygens (including phenoxy) is 1. The molecule has 0 radical (unpaired) electrons. The standard InChI is InChI=1S/C21H20FN5O5S/c22-14-5-7-16(8-6-14)33(29,30)27-9-10-31-21-17(27)11-13(12-23-21)20-25-18(26-32-20)19(28)24-15-3-1-2-4-15/h5-8,11-12,15H,1-4,9-10H2,(H,24,28). The van der Waals surface area contributed by atoms with Crippen molar-refractivity contribution >= 4 is 21.6 Å². The Labute approximate surface area is 188 Å². The molecule has 10 nitrogen and oxygen atoms in total. The first-order chi connectivity index (χ1) is 15.9. The zero-order valence-corrected chi connectivity index (χ0v) is 18.2. The lowest BCUT2D eigenvalue weighted by Gasteiger charge is -2.29. The van der Waals surface area contributed by atoms with Crippen LogP contribution in [-0.2, 0) is 10.0 Å². The molecule has 0 unspecified atom stereocenters. The summed E-state index contributed by atoms with van der Waals surface area (Å²) in [5.41, 5.74) is 0.504. The second kappa shape index (κ2) is 8.43. The highest BCUT2D eigenvalue weighted by atomic mass is 32.2. The molecular formula is C21H20FN5O5S. The average Bonchev–Trinajstić information content (AvgIpc) is 3.51. The Morgan fingerprint density at radius 1 is 1.18 bits per heavy atom. The third kappa shape index (κ3) is 4.13. The molecule has 172 valence electrons. The number of nitrogens with one attached hydrogen (secondary N) is 1. The van der Waals surface area contributed by atoms with E-state index in [1.54, 1.807) is 0 Å². The number of fused-ring (bicyclic) bond motifs is 1. The van der Waals surface area contributed by atoms with Gasteiger partial charge in [-0.2, -0.15) is 4.98 Å². The zero-order chi connectivity index (χ0) is 23.0. The van der Waals surface area contributed by atoms with E-state index in [9.17, 15) is 17.6 Å². The van der Waals surface area contributed by atoms with Gasteiger partial charge in [0.1, 0.15) is 18.1 Å². The van der Waals surface area contributed by atoms with Crippen molar-refractivity contribution in [3.63, 3.8) is 0 Å². The fourth-order valence-corrected chi connectivity index (χ4v) is 5.37. The fraction of sp³-hybridized carbons (Fsp3) is 0.333. The molecule has 33 heavy (non-hydrogen) atoms. The molecule has 1 aliphatic carbocycles. The molecule has 1 aromatic carbocycles. The highest BCUT2D eigenvalue weighted by Gasteiger charge is 2.32. The molecule has 3 heterocycles. The number of carbonyl (C=O) groups excluding carboxylic acids is 1. The predicted molar refractivity (Wildman–Crippen MR) is 114 cm³/mol. The summed E-state index contributed by atoms with van der Waals surface area (Å²) in [6.07, 6.45) is 5.39. The van der Waals surface area contributed by atoms with Gasteiger partial charge < -0.3 is 14.6 Å². The molecule has 5 rings (SSSR count). The smallest absolute Gasteiger partial charge is 0.292 e. The van der Waals surface area contributed by atoms with E-state index in [1.807, 2.05) is 0 Å². The highest BCUT2D eigenvalue weighted by molar-refractivity contribution is 7.92. The van der Waals surface area contributed by atoms with E-state index in [-0.39, 0.29) is 47.4 Å². The second-order valence-corrected chi connectivity index (χ2v) is 9.67. The summed E-state index contributed by atoms with van der Waals surface area (Å²) in [6, 6.07) is 6.16. The Hall–Kier alpha value is -3.54. The fourth-order valence-electron chi connectivity index (χ4n) is 3.93. The van der Waals surface area contributed by atoms with Crippen molar-refractivity contribution in [2.24, 2.45) is 0 Å². The van der Waals surface area contributed by atoms with Gasteiger partial charge in [0.15, 0.2) is 0 Å². The summed E-state index contributed by atoms with van der Waals surface area (Å²) in [5.74, 6) is -0.932. The summed E-state index contributed by atoms with van der Waals surface area (Å²) in [6.45, 7) is 0.141. The number of anilines is 1. The molecule has 1 fully saturated rings. The normalized spacial score (nSPS) is 16.3. The lowest BCUT2D eigenvalue weighted by atomic mass is 10.2. The van der Waals surface area contributed by atoms with E-state index in [2.05, 4.69) is 20.4 Å². The second-order valence-electron chi connectivity index (χ2n) is 7.81. The number of rotatable bonds is 5. The number of aromatic nitrogens is 3. The molecule has 0 spiro atoms.